The molecule has 3 heterocycles. The summed E-state index contributed by atoms with van der Waals surface area (Å²) in [6.45, 7) is 4.98. The molecule has 35 heavy (non-hydrogen) atoms. The number of hydrogen-bond donors (Lipinski definition) is 3. The molecule has 11 heteroatoms. The Balaban J connectivity index is 1.56. The quantitative estimate of drug-likeness (QED) is 0.529. The van der Waals surface area contributed by atoms with Crippen molar-refractivity contribution in [1.82, 2.24) is 9.97 Å². The van der Waals surface area contributed by atoms with Crippen molar-refractivity contribution < 1.29 is 23.9 Å². The van der Waals surface area contributed by atoms with Crippen LogP contribution in [0.2, 0.25) is 0 Å². The number of methoxy groups -OCH3 is 1. The zero-order valence-corrected chi connectivity index (χ0v) is 20.0. The first kappa shape index (κ1) is 24.2. The lowest BCUT2D eigenvalue weighted by Gasteiger charge is -2.32. The predicted molar refractivity (Wildman–Crippen MR) is 129 cm³/mol. The van der Waals surface area contributed by atoms with Crippen molar-refractivity contribution in [2.75, 3.05) is 42.3 Å². The van der Waals surface area contributed by atoms with Crippen LogP contribution in [0.4, 0.5) is 17.5 Å². The molecule has 3 N–H and O–H groups in total. The number of aromatic nitrogens is 2. The van der Waals surface area contributed by atoms with Crippen LogP contribution in [0.5, 0.6) is 5.75 Å². The van der Waals surface area contributed by atoms with E-state index in [-0.39, 0.29) is 35.6 Å². The zero-order chi connectivity index (χ0) is 25.1. The number of hydrogen-bond acceptors (Lipinski definition) is 8. The molecule has 186 valence electrons. The molecule has 4 rings (SSSR count). The third kappa shape index (κ3) is 5.13. The largest absolute Gasteiger partial charge is 0.495 e. The summed E-state index contributed by atoms with van der Waals surface area (Å²) in [5.41, 5.74) is 0.988. The number of rotatable bonds is 6. The highest BCUT2D eigenvalue weighted by Crippen LogP contribution is 2.33. The van der Waals surface area contributed by atoms with Crippen molar-refractivity contribution in [3.63, 3.8) is 0 Å². The van der Waals surface area contributed by atoms with E-state index in [1.54, 1.807) is 19.1 Å². The lowest BCUT2D eigenvalue weighted by atomic mass is 9.92. The Morgan fingerprint density at radius 1 is 1.23 bits per heavy atom. The second-order valence-corrected chi connectivity index (χ2v) is 8.66. The lowest BCUT2D eigenvalue weighted by Crippen LogP contribution is -2.41. The van der Waals surface area contributed by atoms with Crippen LogP contribution in [0.15, 0.2) is 23.0 Å². The number of ether oxygens (including phenoxy) is 2. The molecule has 1 aromatic heterocycles. The van der Waals surface area contributed by atoms with Crippen LogP contribution in [0.1, 0.15) is 43.2 Å². The number of carbonyl (C=O) groups excluding carboxylic acids is 3. The molecule has 2 amide bonds. The molecule has 1 fully saturated rings. The first-order valence-electron chi connectivity index (χ1n) is 11.6. The second-order valence-electron chi connectivity index (χ2n) is 8.66. The van der Waals surface area contributed by atoms with Crippen LogP contribution < -0.4 is 25.8 Å². The summed E-state index contributed by atoms with van der Waals surface area (Å²) in [5, 5.41) is 5.41. The number of aromatic amines is 1. The average molecular weight is 484 g/mol. The second kappa shape index (κ2) is 10.2. The van der Waals surface area contributed by atoms with Gasteiger partial charge in [-0.05, 0) is 44.4 Å². The predicted octanol–water partition coefficient (Wildman–Crippen LogP) is 1.93. The highest BCUT2D eigenvalue weighted by molar-refractivity contribution is 6.05. The maximum Gasteiger partial charge on any atom is 0.309 e. The molecule has 1 aromatic carbocycles. The Kier molecular flexibility index (Phi) is 7.04. The van der Waals surface area contributed by atoms with E-state index in [2.05, 4.69) is 20.6 Å². The number of piperidine rings is 1. The molecule has 0 bridgehead atoms. The smallest absolute Gasteiger partial charge is 0.309 e. The normalized spacial score (nSPS) is 17.9. The Morgan fingerprint density at radius 2 is 1.97 bits per heavy atom. The highest BCUT2D eigenvalue weighted by atomic mass is 16.5. The lowest BCUT2D eigenvalue weighted by molar-refractivity contribution is -0.148. The topological polar surface area (TPSA) is 143 Å². The molecule has 2 aliphatic rings. The molecule has 0 unspecified atom stereocenters. The van der Waals surface area contributed by atoms with E-state index < -0.39 is 23.3 Å². The van der Waals surface area contributed by atoms with E-state index in [0.717, 1.165) is 5.56 Å². The number of amides is 2. The van der Waals surface area contributed by atoms with Crippen LogP contribution in [0.25, 0.3) is 0 Å². The molecule has 0 aliphatic carbocycles. The van der Waals surface area contributed by atoms with Gasteiger partial charge in [0.25, 0.3) is 5.56 Å². The van der Waals surface area contributed by atoms with Crippen molar-refractivity contribution in [2.45, 2.75) is 39.0 Å². The van der Waals surface area contributed by atoms with Gasteiger partial charge in [-0.15, -0.1) is 0 Å². The maximum atomic E-state index is 13.2. The number of carbonyl (C=O) groups is 3. The van der Waals surface area contributed by atoms with Crippen LogP contribution in [-0.4, -0.2) is 54.6 Å². The van der Waals surface area contributed by atoms with Gasteiger partial charge in [0.1, 0.15) is 11.6 Å². The Labute approximate surface area is 202 Å². The Morgan fingerprint density at radius 3 is 2.66 bits per heavy atom. The minimum absolute atomic E-state index is 0.0730. The molecule has 0 saturated carbocycles. The van der Waals surface area contributed by atoms with E-state index in [1.165, 1.54) is 7.11 Å². The fourth-order valence-electron chi connectivity index (χ4n) is 4.46. The molecule has 0 spiro atoms. The summed E-state index contributed by atoms with van der Waals surface area (Å²) in [4.78, 5) is 59.7. The number of aryl methyl sites for hydroxylation is 1. The van der Waals surface area contributed by atoms with Gasteiger partial charge < -0.3 is 25.0 Å². The van der Waals surface area contributed by atoms with Crippen molar-refractivity contribution in [2.24, 2.45) is 5.92 Å². The van der Waals surface area contributed by atoms with E-state index in [4.69, 9.17) is 9.47 Å². The standard InChI is InChI=1S/C24H29N5O6/c1-4-35-23(33)14-7-9-29(10-8-14)24-27-20-19(22(32)28-24)15(12-18(30)26-20)21(31)25-16-11-13(2)5-6-17(16)34-3/h5-6,11,14-15H,4,7-10,12H2,1-3H3,(H,25,31)(H2,26,27,28,30,32)/t15-/m0/s1. The van der Waals surface area contributed by atoms with Gasteiger partial charge in [-0.2, -0.15) is 4.98 Å². The molecule has 0 radical (unpaired) electrons. The number of anilines is 3. The van der Waals surface area contributed by atoms with Gasteiger partial charge >= 0.3 is 5.97 Å². The van der Waals surface area contributed by atoms with Crippen LogP contribution in [0.3, 0.4) is 0 Å². The zero-order valence-electron chi connectivity index (χ0n) is 20.0. The summed E-state index contributed by atoms with van der Waals surface area (Å²) in [6, 6.07) is 5.34. The summed E-state index contributed by atoms with van der Waals surface area (Å²) in [5.74, 6) is -1.49. The van der Waals surface area contributed by atoms with Gasteiger partial charge in [0.2, 0.25) is 17.8 Å². The van der Waals surface area contributed by atoms with E-state index in [9.17, 15) is 19.2 Å². The van der Waals surface area contributed by atoms with Gasteiger partial charge in [-0.1, -0.05) is 6.07 Å². The van der Waals surface area contributed by atoms with E-state index >= 15 is 0 Å². The number of benzene rings is 1. The minimum atomic E-state index is -1.01. The third-order valence-electron chi connectivity index (χ3n) is 6.28. The number of esters is 1. The van der Waals surface area contributed by atoms with Crippen molar-refractivity contribution in [1.29, 1.82) is 0 Å². The molecule has 1 atom stereocenters. The first-order valence-corrected chi connectivity index (χ1v) is 11.6. The number of nitrogens with one attached hydrogen (secondary N) is 3. The summed E-state index contributed by atoms with van der Waals surface area (Å²) < 4.78 is 10.4. The number of nitrogens with zero attached hydrogens (tertiary/aromatic N) is 2. The van der Waals surface area contributed by atoms with Crippen LogP contribution in [-0.2, 0) is 19.1 Å². The molecular weight excluding hydrogens is 454 g/mol. The summed E-state index contributed by atoms with van der Waals surface area (Å²) in [6.07, 6.45) is 0.951. The summed E-state index contributed by atoms with van der Waals surface area (Å²) in [7, 11) is 1.50. The third-order valence-corrected chi connectivity index (χ3v) is 6.28. The van der Waals surface area contributed by atoms with Gasteiger partial charge in [0.05, 0.1) is 36.8 Å². The minimum Gasteiger partial charge on any atom is -0.495 e. The maximum absolute atomic E-state index is 13.2. The van der Waals surface area contributed by atoms with Gasteiger partial charge in [-0.3, -0.25) is 24.2 Å². The Bertz CT molecular complexity index is 1200. The van der Waals surface area contributed by atoms with Crippen LogP contribution >= 0.6 is 0 Å². The molecule has 2 aliphatic heterocycles. The molecule has 11 nitrogen and oxygen atoms in total. The fourth-order valence-corrected chi connectivity index (χ4v) is 4.46. The Hall–Kier alpha value is -3.89. The molecular formula is C24H29N5O6. The van der Waals surface area contributed by atoms with Gasteiger partial charge in [-0.25, -0.2) is 0 Å². The molecule has 2 aromatic rings. The summed E-state index contributed by atoms with van der Waals surface area (Å²) >= 11 is 0. The fraction of sp³-hybridized carbons (Fsp3) is 0.458. The van der Waals surface area contributed by atoms with Gasteiger partial charge in [0.15, 0.2) is 0 Å². The van der Waals surface area contributed by atoms with Crippen LogP contribution in [0, 0.1) is 12.8 Å². The monoisotopic (exact) mass is 483 g/mol. The van der Waals surface area contributed by atoms with Crippen molar-refractivity contribution in [3.05, 3.63) is 39.7 Å². The number of H-pyrrole nitrogens is 1. The first-order chi connectivity index (χ1) is 16.8. The SMILES string of the molecule is CCOC(=O)C1CCN(c2nc3c(c(=O)[nH]2)[C@@H](C(=O)Nc2cc(C)ccc2OC)CC(=O)N3)CC1. The highest BCUT2D eigenvalue weighted by Gasteiger charge is 2.36. The van der Waals surface area contributed by atoms with E-state index in [1.807, 2.05) is 17.9 Å². The number of fused-ring (bicyclic) bond motifs is 1. The molecule has 1 saturated heterocycles. The van der Waals surface area contributed by atoms with Crippen molar-refractivity contribution in [3.8, 4) is 5.75 Å². The van der Waals surface area contributed by atoms with E-state index in [0.29, 0.717) is 44.0 Å². The average Bonchev–Trinajstić information content (AvgIpc) is 2.83. The van der Waals surface area contributed by atoms with Gasteiger partial charge in [0, 0.05) is 19.5 Å². The van der Waals surface area contributed by atoms with Crippen molar-refractivity contribution >= 4 is 35.2 Å².